The molecule has 0 fully saturated rings. The molecule has 0 atom stereocenters. The van der Waals surface area contributed by atoms with E-state index < -0.39 is 5.82 Å². The predicted octanol–water partition coefficient (Wildman–Crippen LogP) is 2.92. The van der Waals surface area contributed by atoms with Crippen LogP contribution in [0.25, 0.3) is 0 Å². The third-order valence-electron chi connectivity index (χ3n) is 2.77. The number of hydrogen-bond donors (Lipinski definition) is 2. The van der Waals surface area contributed by atoms with Crippen molar-refractivity contribution in [1.29, 1.82) is 0 Å². The molecular weight excluding hydrogens is 291 g/mol. The van der Waals surface area contributed by atoms with Gasteiger partial charge in [0, 0.05) is 17.0 Å². The largest absolute Gasteiger partial charge is 0.396 e. The molecule has 0 aliphatic rings. The Kier molecular flexibility index (Phi) is 4.85. The van der Waals surface area contributed by atoms with Crippen molar-refractivity contribution in [3.8, 4) is 0 Å². The summed E-state index contributed by atoms with van der Waals surface area (Å²) in [6.07, 6.45) is 1.64. The highest BCUT2D eigenvalue weighted by Gasteiger charge is 2.10. The number of halogens is 1. The van der Waals surface area contributed by atoms with E-state index in [0.29, 0.717) is 10.7 Å². The zero-order valence-corrected chi connectivity index (χ0v) is 12.7. The number of carbonyl (C=O) groups is 1. The van der Waals surface area contributed by atoms with E-state index in [1.54, 1.807) is 23.0 Å². The molecule has 2 rings (SSSR count). The van der Waals surface area contributed by atoms with Crippen molar-refractivity contribution in [2.45, 2.75) is 24.8 Å². The maximum atomic E-state index is 13.3. The van der Waals surface area contributed by atoms with Crippen molar-refractivity contribution in [3.63, 3.8) is 0 Å². The fraction of sp³-hybridized carbons (Fsp3) is 0.286. The maximum Gasteiger partial charge on any atom is 0.235 e. The first kappa shape index (κ1) is 15.4. The molecule has 0 saturated heterocycles. The molecule has 1 aromatic carbocycles. The summed E-state index contributed by atoms with van der Waals surface area (Å²) < 4.78 is 15.0. The van der Waals surface area contributed by atoms with Gasteiger partial charge >= 0.3 is 0 Å². The number of thioether (sulfide) groups is 1. The minimum atomic E-state index is -0.474. The van der Waals surface area contributed by atoms with Crippen molar-refractivity contribution in [3.05, 3.63) is 36.3 Å². The molecule has 112 valence electrons. The number of nitrogens with one attached hydrogen (secondary N) is 1. The quantitative estimate of drug-likeness (QED) is 0.658. The molecule has 3 N–H and O–H groups in total. The lowest BCUT2D eigenvalue weighted by Crippen LogP contribution is -2.18. The Balaban J connectivity index is 1.93. The zero-order chi connectivity index (χ0) is 15.4. The average Bonchev–Trinajstić information content (AvgIpc) is 2.88. The number of nitrogens with two attached hydrogens (primary N) is 1. The first-order valence-corrected chi connectivity index (χ1v) is 7.47. The summed E-state index contributed by atoms with van der Waals surface area (Å²) in [6.45, 7) is 3.96. The van der Waals surface area contributed by atoms with Crippen LogP contribution in [0, 0.1) is 5.82 Å². The molecule has 2 aromatic rings. The van der Waals surface area contributed by atoms with Gasteiger partial charge in [-0.2, -0.15) is 5.10 Å². The van der Waals surface area contributed by atoms with E-state index in [4.69, 9.17) is 5.73 Å². The van der Waals surface area contributed by atoms with Crippen LogP contribution < -0.4 is 11.1 Å². The van der Waals surface area contributed by atoms with Crippen LogP contribution in [0.15, 0.2) is 35.4 Å². The van der Waals surface area contributed by atoms with Gasteiger partial charge in [-0.3, -0.25) is 4.79 Å². The second-order valence-electron chi connectivity index (χ2n) is 4.77. The smallest absolute Gasteiger partial charge is 0.235 e. The lowest BCUT2D eigenvalue weighted by atomic mass is 10.3. The fourth-order valence-electron chi connectivity index (χ4n) is 1.75. The van der Waals surface area contributed by atoms with Gasteiger partial charge in [-0.25, -0.2) is 9.07 Å². The van der Waals surface area contributed by atoms with Crippen LogP contribution in [-0.4, -0.2) is 21.4 Å². The summed E-state index contributed by atoms with van der Waals surface area (Å²) in [4.78, 5) is 12.6. The summed E-state index contributed by atoms with van der Waals surface area (Å²) in [5.41, 5.74) is 5.51. The molecule has 1 amide bonds. The fourth-order valence-corrected chi connectivity index (χ4v) is 2.47. The number of rotatable bonds is 5. The third kappa shape index (κ3) is 3.98. The van der Waals surface area contributed by atoms with Gasteiger partial charge in [-0.05, 0) is 32.0 Å². The van der Waals surface area contributed by atoms with Crippen molar-refractivity contribution >= 4 is 29.2 Å². The standard InChI is InChI=1S/C14H17FN4OS/c1-9(2)19-13(5-6-17-19)18-14(20)8-21-10-3-4-12(16)11(15)7-10/h3-7,9H,8,16H2,1-2H3,(H,18,20). The maximum absolute atomic E-state index is 13.3. The Bertz CT molecular complexity index is 642. The summed E-state index contributed by atoms with van der Waals surface area (Å²) in [5, 5.41) is 6.93. The lowest BCUT2D eigenvalue weighted by molar-refractivity contribution is -0.113. The Morgan fingerprint density at radius 2 is 2.24 bits per heavy atom. The van der Waals surface area contributed by atoms with Gasteiger partial charge in [0.15, 0.2) is 0 Å². The zero-order valence-electron chi connectivity index (χ0n) is 11.8. The van der Waals surface area contributed by atoms with Gasteiger partial charge < -0.3 is 11.1 Å². The molecule has 0 aliphatic carbocycles. The molecule has 5 nitrogen and oxygen atoms in total. The summed E-state index contributed by atoms with van der Waals surface area (Å²) in [6, 6.07) is 6.41. The summed E-state index contributed by atoms with van der Waals surface area (Å²) in [5.74, 6) is 0.198. The monoisotopic (exact) mass is 308 g/mol. The van der Waals surface area contributed by atoms with E-state index in [0.717, 1.165) is 0 Å². The first-order chi connectivity index (χ1) is 9.97. The van der Waals surface area contributed by atoms with Crippen LogP contribution in [0.1, 0.15) is 19.9 Å². The second kappa shape index (κ2) is 6.62. The Morgan fingerprint density at radius 1 is 1.48 bits per heavy atom. The molecule has 1 aromatic heterocycles. The van der Waals surface area contributed by atoms with Crippen molar-refractivity contribution in [2.24, 2.45) is 0 Å². The van der Waals surface area contributed by atoms with E-state index in [-0.39, 0.29) is 23.4 Å². The highest BCUT2D eigenvalue weighted by molar-refractivity contribution is 8.00. The molecule has 21 heavy (non-hydrogen) atoms. The molecule has 7 heteroatoms. The third-order valence-corrected chi connectivity index (χ3v) is 3.76. The molecular formula is C14H17FN4OS. The molecule has 0 unspecified atom stereocenters. The molecule has 0 aliphatic heterocycles. The number of amides is 1. The first-order valence-electron chi connectivity index (χ1n) is 6.48. The predicted molar refractivity (Wildman–Crippen MR) is 82.8 cm³/mol. The molecule has 0 spiro atoms. The number of anilines is 2. The number of carbonyl (C=O) groups excluding carboxylic acids is 1. The van der Waals surface area contributed by atoms with Crippen molar-refractivity contribution < 1.29 is 9.18 Å². The van der Waals surface area contributed by atoms with Gasteiger partial charge in [0.05, 0.1) is 17.6 Å². The van der Waals surface area contributed by atoms with Gasteiger partial charge in [-0.15, -0.1) is 11.8 Å². The highest BCUT2D eigenvalue weighted by Crippen LogP contribution is 2.22. The van der Waals surface area contributed by atoms with Gasteiger partial charge in [-0.1, -0.05) is 0 Å². The van der Waals surface area contributed by atoms with Crippen molar-refractivity contribution in [2.75, 3.05) is 16.8 Å². The van der Waals surface area contributed by atoms with Gasteiger partial charge in [0.25, 0.3) is 0 Å². The average molecular weight is 308 g/mol. The normalized spacial score (nSPS) is 10.9. The molecule has 0 bridgehead atoms. The molecule has 0 radical (unpaired) electrons. The summed E-state index contributed by atoms with van der Waals surface area (Å²) in [7, 11) is 0. The number of nitrogens with zero attached hydrogens (tertiary/aromatic N) is 2. The highest BCUT2D eigenvalue weighted by atomic mass is 32.2. The van der Waals surface area contributed by atoms with Crippen LogP contribution in [0.5, 0.6) is 0 Å². The Hall–Kier alpha value is -2.02. The van der Waals surface area contributed by atoms with Crippen molar-refractivity contribution in [1.82, 2.24) is 9.78 Å². The van der Waals surface area contributed by atoms with Crippen LogP contribution >= 0.6 is 11.8 Å². The van der Waals surface area contributed by atoms with E-state index in [1.807, 2.05) is 13.8 Å². The van der Waals surface area contributed by atoms with E-state index in [2.05, 4.69) is 10.4 Å². The molecule has 1 heterocycles. The van der Waals surface area contributed by atoms with E-state index >= 15 is 0 Å². The van der Waals surface area contributed by atoms with Crippen LogP contribution in [0.2, 0.25) is 0 Å². The van der Waals surface area contributed by atoms with E-state index in [1.165, 1.54) is 23.9 Å². The van der Waals surface area contributed by atoms with Crippen LogP contribution in [0.4, 0.5) is 15.9 Å². The number of hydrogen-bond acceptors (Lipinski definition) is 4. The van der Waals surface area contributed by atoms with Gasteiger partial charge in [0.1, 0.15) is 11.6 Å². The molecule has 0 saturated carbocycles. The van der Waals surface area contributed by atoms with Crippen LogP contribution in [0.3, 0.4) is 0 Å². The Labute approximate surface area is 126 Å². The number of nitrogen functional groups attached to an aromatic ring is 1. The van der Waals surface area contributed by atoms with E-state index in [9.17, 15) is 9.18 Å². The van der Waals surface area contributed by atoms with Gasteiger partial charge in [0.2, 0.25) is 5.91 Å². The number of benzene rings is 1. The number of aromatic nitrogens is 2. The second-order valence-corrected chi connectivity index (χ2v) is 5.82. The minimum absolute atomic E-state index is 0.102. The topological polar surface area (TPSA) is 72.9 Å². The Morgan fingerprint density at radius 3 is 2.90 bits per heavy atom. The minimum Gasteiger partial charge on any atom is -0.396 e. The van der Waals surface area contributed by atoms with Crippen LogP contribution in [-0.2, 0) is 4.79 Å². The summed E-state index contributed by atoms with van der Waals surface area (Å²) >= 11 is 1.25. The SMILES string of the molecule is CC(C)n1nccc1NC(=O)CSc1ccc(N)c(F)c1. The lowest BCUT2D eigenvalue weighted by Gasteiger charge is -2.11.